The van der Waals surface area contributed by atoms with Gasteiger partial charge in [-0.15, -0.1) is 24.0 Å². The number of hydrogen-bond donors (Lipinski definition) is 2. The number of hydrogen-bond acceptors (Lipinski definition) is 3. The van der Waals surface area contributed by atoms with Crippen LogP contribution < -0.4 is 10.6 Å². The molecule has 2 N–H and O–H groups in total. The van der Waals surface area contributed by atoms with Crippen LogP contribution in [0.2, 0.25) is 0 Å². The van der Waals surface area contributed by atoms with Crippen molar-refractivity contribution in [2.75, 3.05) is 14.1 Å². The number of nitrogens with one attached hydrogen (secondary N) is 2. The second-order valence-electron chi connectivity index (χ2n) is 3.10. The second kappa shape index (κ2) is 7.82. The molecule has 1 rings (SSSR count). The lowest BCUT2D eigenvalue weighted by molar-refractivity contribution is -0.384. The fraction of sp³-hybridized carbons (Fsp3) is 0.300. The summed E-state index contributed by atoms with van der Waals surface area (Å²) in [6.45, 7) is 0.495. The van der Waals surface area contributed by atoms with E-state index in [2.05, 4.69) is 15.6 Å². The lowest BCUT2D eigenvalue weighted by atomic mass is 10.2. The molecule has 0 amide bonds. The minimum absolute atomic E-state index is 0. The second-order valence-corrected chi connectivity index (χ2v) is 3.10. The Bertz CT molecular complexity index is 409. The third-order valence-corrected chi connectivity index (χ3v) is 2.04. The number of non-ortho nitro benzene ring substituents is 1. The SMILES string of the molecule is CN=C(NC)NCc1cccc([N+](=O)[O-])c1.I. The number of nitrogens with zero attached hydrogens (tertiary/aromatic N) is 2. The maximum absolute atomic E-state index is 10.6. The minimum atomic E-state index is -0.406. The highest BCUT2D eigenvalue weighted by molar-refractivity contribution is 14.0. The predicted octanol–water partition coefficient (Wildman–Crippen LogP) is 1.51. The van der Waals surface area contributed by atoms with Crippen molar-refractivity contribution in [3.05, 3.63) is 39.9 Å². The first-order valence-electron chi connectivity index (χ1n) is 4.79. The van der Waals surface area contributed by atoms with Crippen LogP contribution in [0.3, 0.4) is 0 Å². The summed E-state index contributed by atoms with van der Waals surface area (Å²) in [6.07, 6.45) is 0. The zero-order chi connectivity index (χ0) is 12.0. The van der Waals surface area contributed by atoms with Gasteiger partial charge in [0.05, 0.1) is 4.92 Å². The topological polar surface area (TPSA) is 79.6 Å². The Kier molecular flexibility index (Phi) is 7.19. The molecule has 0 saturated heterocycles. The van der Waals surface area contributed by atoms with Gasteiger partial charge in [0.1, 0.15) is 0 Å². The Labute approximate surface area is 117 Å². The average Bonchev–Trinajstić information content (AvgIpc) is 2.31. The van der Waals surface area contributed by atoms with Crippen molar-refractivity contribution in [1.82, 2.24) is 10.6 Å². The van der Waals surface area contributed by atoms with E-state index in [1.807, 2.05) is 6.07 Å². The number of benzene rings is 1. The summed E-state index contributed by atoms with van der Waals surface area (Å²) in [5.41, 5.74) is 0.935. The lowest BCUT2D eigenvalue weighted by Crippen LogP contribution is -2.34. The van der Waals surface area contributed by atoms with E-state index in [0.717, 1.165) is 5.56 Å². The number of nitro benzene ring substituents is 1. The Morgan fingerprint density at radius 3 is 2.76 bits per heavy atom. The Balaban J connectivity index is 0.00000256. The lowest BCUT2D eigenvalue weighted by Gasteiger charge is -2.07. The van der Waals surface area contributed by atoms with Gasteiger partial charge in [0.15, 0.2) is 5.96 Å². The van der Waals surface area contributed by atoms with Crippen molar-refractivity contribution in [2.45, 2.75) is 6.54 Å². The molecule has 0 aliphatic carbocycles. The number of aliphatic imine (C=N–C) groups is 1. The molecule has 1 aromatic rings. The first-order chi connectivity index (χ1) is 7.67. The zero-order valence-corrected chi connectivity index (χ0v) is 12.0. The average molecular weight is 350 g/mol. The largest absolute Gasteiger partial charge is 0.359 e. The first-order valence-corrected chi connectivity index (χ1v) is 4.79. The van der Waals surface area contributed by atoms with Gasteiger partial charge in [-0.3, -0.25) is 15.1 Å². The summed E-state index contributed by atoms with van der Waals surface area (Å²) in [5.74, 6) is 0.645. The standard InChI is InChI=1S/C10H14N4O2.HI/c1-11-10(12-2)13-7-8-4-3-5-9(6-8)14(15)16;/h3-6H,7H2,1-2H3,(H2,11,12,13);1H. The van der Waals surface area contributed by atoms with Crippen LogP contribution >= 0.6 is 24.0 Å². The molecule has 0 spiro atoms. The molecule has 0 atom stereocenters. The number of rotatable bonds is 3. The van der Waals surface area contributed by atoms with E-state index in [0.29, 0.717) is 12.5 Å². The molecule has 0 fully saturated rings. The summed E-state index contributed by atoms with van der Waals surface area (Å²) in [4.78, 5) is 14.1. The smallest absolute Gasteiger partial charge is 0.269 e. The zero-order valence-electron chi connectivity index (χ0n) is 9.64. The highest BCUT2D eigenvalue weighted by atomic mass is 127. The normalized spacial score (nSPS) is 10.4. The van der Waals surface area contributed by atoms with Gasteiger partial charge in [-0.2, -0.15) is 0 Å². The third-order valence-electron chi connectivity index (χ3n) is 2.04. The first kappa shape index (κ1) is 15.6. The van der Waals surface area contributed by atoms with E-state index in [9.17, 15) is 10.1 Å². The van der Waals surface area contributed by atoms with Gasteiger partial charge >= 0.3 is 0 Å². The number of halogens is 1. The molecule has 0 bridgehead atoms. The molecule has 0 aromatic heterocycles. The van der Waals surface area contributed by atoms with E-state index in [1.165, 1.54) is 12.1 Å². The molecule has 7 heteroatoms. The fourth-order valence-electron chi connectivity index (χ4n) is 1.25. The monoisotopic (exact) mass is 350 g/mol. The molecule has 0 saturated carbocycles. The minimum Gasteiger partial charge on any atom is -0.359 e. The maximum Gasteiger partial charge on any atom is 0.269 e. The molecule has 94 valence electrons. The summed E-state index contributed by atoms with van der Waals surface area (Å²) in [5, 5.41) is 16.4. The Morgan fingerprint density at radius 1 is 1.53 bits per heavy atom. The van der Waals surface area contributed by atoms with Crippen molar-refractivity contribution < 1.29 is 4.92 Å². The van der Waals surface area contributed by atoms with Crippen LogP contribution in [0.5, 0.6) is 0 Å². The molecule has 17 heavy (non-hydrogen) atoms. The molecule has 1 aromatic carbocycles. The van der Waals surface area contributed by atoms with Gasteiger partial charge in [-0.05, 0) is 5.56 Å². The van der Waals surface area contributed by atoms with Crippen LogP contribution in [-0.2, 0) is 6.54 Å². The summed E-state index contributed by atoms with van der Waals surface area (Å²) < 4.78 is 0. The molecule has 0 aliphatic heterocycles. The number of nitro groups is 1. The van der Waals surface area contributed by atoms with Crippen LogP contribution in [0.1, 0.15) is 5.56 Å². The van der Waals surface area contributed by atoms with Crippen molar-refractivity contribution >= 4 is 35.6 Å². The summed E-state index contributed by atoms with van der Waals surface area (Å²) >= 11 is 0. The van der Waals surface area contributed by atoms with Gasteiger partial charge in [-0.25, -0.2) is 0 Å². The van der Waals surface area contributed by atoms with Crippen molar-refractivity contribution in [3.63, 3.8) is 0 Å². The van der Waals surface area contributed by atoms with Gasteiger partial charge in [0.2, 0.25) is 0 Å². The van der Waals surface area contributed by atoms with Crippen molar-refractivity contribution in [3.8, 4) is 0 Å². The maximum atomic E-state index is 10.6. The molecular formula is C10H15IN4O2. The molecular weight excluding hydrogens is 335 g/mol. The predicted molar refractivity (Wildman–Crippen MR) is 77.8 cm³/mol. The van der Waals surface area contributed by atoms with Gasteiger partial charge in [0, 0.05) is 32.8 Å². The van der Waals surface area contributed by atoms with Crippen LogP contribution in [0.4, 0.5) is 5.69 Å². The van der Waals surface area contributed by atoms with Crippen LogP contribution in [-0.4, -0.2) is 25.0 Å². The molecule has 0 unspecified atom stereocenters. The van der Waals surface area contributed by atoms with Crippen molar-refractivity contribution in [2.24, 2.45) is 4.99 Å². The highest BCUT2D eigenvalue weighted by Gasteiger charge is 2.05. The molecule has 0 aliphatic rings. The van der Waals surface area contributed by atoms with Crippen LogP contribution in [0.15, 0.2) is 29.3 Å². The Hall–Kier alpha value is -1.38. The van der Waals surface area contributed by atoms with Gasteiger partial charge < -0.3 is 10.6 Å². The third kappa shape index (κ3) is 4.98. The molecule has 6 nitrogen and oxygen atoms in total. The van der Waals surface area contributed by atoms with Crippen LogP contribution in [0, 0.1) is 10.1 Å². The summed E-state index contributed by atoms with van der Waals surface area (Å²) in [7, 11) is 3.41. The quantitative estimate of drug-likeness (QED) is 0.285. The van der Waals surface area contributed by atoms with E-state index in [1.54, 1.807) is 20.2 Å². The molecule has 0 heterocycles. The van der Waals surface area contributed by atoms with E-state index in [4.69, 9.17) is 0 Å². The Morgan fingerprint density at radius 2 is 2.24 bits per heavy atom. The summed E-state index contributed by atoms with van der Waals surface area (Å²) in [6, 6.07) is 6.49. The van der Waals surface area contributed by atoms with E-state index >= 15 is 0 Å². The molecule has 0 radical (unpaired) electrons. The van der Waals surface area contributed by atoms with E-state index in [-0.39, 0.29) is 29.7 Å². The van der Waals surface area contributed by atoms with E-state index < -0.39 is 4.92 Å². The fourth-order valence-corrected chi connectivity index (χ4v) is 1.25. The number of guanidine groups is 1. The van der Waals surface area contributed by atoms with Crippen LogP contribution in [0.25, 0.3) is 0 Å². The highest BCUT2D eigenvalue weighted by Crippen LogP contribution is 2.12. The van der Waals surface area contributed by atoms with Gasteiger partial charge in [-0.1, -0.05) is 12.1 Å². The van der Waals surface area contributed by atoms with Crippen molar-refractivity contribution in [1.29, 1.82) is 0 Å². The van der Waals surface area contributed by atoms with Gasteiger partial charge in [0.25, 0.3) is 5.69 Å².